The lowest BCUT2D eigenvalue weighted by atomic mass is 10.0. The van der Waals surface area contributed by atoms with E-state index >= 15 is 0 Å². The van der Waals surface area contributed by atoms with E-state index < -0.39 is 11.8 Å². The first-order valence-corrected chi connectivity index (χ1v) is 10.9. The maximum absolute atomic E-state index is 13.4. The molecule has 0 aliphatic carbocycles. The molecule has 4 rings (SSSR count). The molecule has 1 aliphatic rings. The predicted molar refractivity (Wildman–Crippen MR) is 124 cm³/mol. The largest absolute Gasteiger partial charge is 0.497 e. The molecule has 0 radical (unpaired) electrons. The Balaban J connectivity index is 1.65. The third-order valence-corrected chi connectivity index (χ3v) is 5.95. The van der Waals surface area contributed by atoms with Crippen LogP contribution in [0.4, 0.5) is 10.3 Å². The van der Waals surface area contributed by atoms with Crippen LogP contribution in [0.5, 0.6) is 17.2 Å². The van der Waals surface area contributed by atoms with Crippen molar-refractivity contribution in [1.82, 2.24) is 9.97 Å². The van der Waals surface area contributed by atoms with E-state index in [0.29, 0.717) is 24.0 Å². The summed E-state index contributed by atoms with van der Waals surface area (Å²) >= 11 is 5.81. The quantitative estimate of drug-likeness (QED) is 0.479. The fourth-order valence-electron chi connectivity index (χ4n) is 3.98. The van der Waals surface area contributed by atoms with Crippen molar-refractivity contribution in [3.63, 3.8) is 0 Å². The number of carbonyl (C=O) groups is 1. The van der Waals surface area contributed by atoms with Gasteiger partial charge in [-0.05, 0) is 43.2 Å². The van der Waals surface area contributed by atoms with E-state index in [0.717, 1.165) is 24.2 Å². The summed E-state index contributed by atoms with van der Waals surface area (Å²) in [7, 11) is 3.21. The van der Waals surface area contributed by atoms with Gasteiger partial charge in [-0.25, -0.2) is 19.2 Å². The minimum absolute atomic E-state index is 0.0772. The third-order valence-electron chi connectivity index (χ3n) is 5.66. The lowest BCUT2D eigenvalue weighted by Gasteiger charge is -2.27. The average Bonchev–Trinajstić information content (AvgIpc) is 3.34. The van der Waals surface area contributed by atoms with Crippen molar-refractivity contribution in [3.8, 4) is 17.2 Å². The van der Waals surface area contributed by atoms with Gasteiger partial charge in [0.25, 0.3) is 0 Å². The zero-order valence-corrected chi connectivity index (χ0v) is 19.4. The molecule has 2 aromatic carbocycles. The van der Waals surface area contributed by atoms with Gasteiger partial charge in [0, 0.05) is 24.4 Å². The molecular formula is C24H23ClFN3O5. The molecule has 1 atom stereocenters. The number of aromatic nitrogens is 2. The van der Waals surface area contributed by atoms with Crippen LogP contribution in [-0.4, -0.2) is 41.8 Å². The molecule has 178 valence electrons. The first kappa shape index (κ1) is 23.6. The van der Waals surface area contributed by atoms with Crippen molar-refractivity contribution in [2.45, 2.75) is 25.5 Å². The number of carboxylic acids is 1. The van der Waals surface area contributed by atoms with Crippen LogP contribution in [0.3, 0.4) is 0 Å². The molecule has 1 saturated heterocycles. The predicted octanol–water partition coefficient (Wildman–Crippen LogP) is 4.91. The molecule has 1 aromatic heterocycles. The maximum atomic E-state index is 13.4. The van der Waals surface area contributed by atoms with Crippen LogP contribution >= 0.6 is 11.6 Å². The van der Waals surface area contributed by atoms with E-state index in [1.807, 2.05) is 23.1 Å². The lowest BCUT2D eigenvalue weighted by molar-refractivity contribution is 0.0692. The normalized spacial score (nSPS) is 15.3. The van der Waals surface area contributed by atoms with Crippen molar-refractivity contribution in [1.29, 1.82) is 0 Å². The van der Waals surface area contributed by atoms with Gasteiger partial charge in [0.05, 0.1) is 31.0 Å². The second-order valence-corrected chi connectivity index (χ2v) is 8.07. The number of anilines is 1. The van der Waals surface area contributed by atoms with Gasteiger partial charge in [-0.1, -0.05) is 11.6 Å². The zero-order valence-electron chi connectivity index (χ0n) is 18.6. The molecule has 0 bridgehead atoms. The van der Waals surface area contributed by atoms with E-state index in [1.165, 1.54) is 24.4 Å². The van der Waals surface area contributed by atoms with Crippen LogP contribution in [0.1, 0.15) is 40.5 Å². The van der Waals surface area contributed by atoms with Crippen molar-refractivity contribution < 1.29 is 28.5 Å². The molecule has 2 heterocycles. The average molecular weight is 488 g/mol. The SMILES string of the molecule is COc1ccc(OC)c([C@@H]2CCCN2c2ncc(C(=O)O)c(COc3ccc(F)c(Cl)c3)n2)c1. The molecule has 0 unspecified atom stereocenters. The topological polar surface area (TPSA) is 94.0 Å². The number of methoxy groups -OCH3 is 2. The van der Waals surface area contributed by atoms with Crippen LogP contribution in [0.15, 0.2) is 42.6 Å². The van der Waals surface area contributed by atoms with Crippen LogP contribution in [0.2, 0.25) is 5.02 Å². The van der Waals surface area contributed by atoms with Gasteiger partial charge in [0.1, 0.15) is 35.2 Å². The summed E-state index contributed by atoms with van der Waals surface area (Å²) in [6, 6.07) is 9.45. The summed E-state index contributed by atoms with van der Waals surface area (Å²) < 4.78 is 30.0. The second kappa shape index (κ2) is 10.1. The molecule has 34 heavy (non-hydrogen) atoms. The van der Waals surface area contributed by atoms with Gasteiger partial charge in [0.2, 0.25) is 5.95 Å². The van der Waals surface area contributed by atoms with Crippen LogP contribution < -0.4 is 19.1 Å². The monoisotopic (exact) mass is 487 g/mol. The van der Waals surface area contributed by atoms with Crippen molar-refractivity contribution in [2.24, 2.45) is 0 Å². The Morgan fingerprint density at radius 2 is 2.00 bits per heavy atom. The second-order valence-electron chi connectivity index (χ2n) is 7.66. The number of benzene rings is 2. The first-order valence-electron chi connectivity index (χ1n) is 10.6. The smallest absolute Gasteiger partial charge is 0.339 e. The summed E-state index contributed by atoms with van der Waals surface area (Å²) in [6.07, 6.45) is 3.02. The van der Waals surface area contributed by atoms with Gasteiger partial charge in [-0.15, -0.1) is 0 Å². The Hall–Kier alpha value is -3.59. The minimum Gasteiger partial charge on any atom is -0.497 e. The molecule has 10 heteroatoms. The molecule has 1 aliphatic heterocycles. The highest BCUT2D eigenvalue weighted by molar-refractivity contribution is 6.30. The van der Waals surface area contributed by atoms with E-state index in [1.54, 1.807) is 14.2 Å². The number of halogens is 2. The maximum Gasteiger partial charge on any atom is 0.339 e. The number of hydrogen-bond acceptors (Lipinski definition) is 7. The van der Waals surface area contributed by atoms with Gasteiger partial charge in [-0.3, -0.25) is 0 Å². The van der Waals surface area contributed by atoms with E-state index in [2.05, 4.69) is 9.97 Å². The highest BCUT2D eigenvalue weighted by atomic mass is 35.5. The zero-order chi connectivity index (χ0) is 24.2. The number of nitrogens with zero attached hydrogens (tertiary/aromatic N) is 3. The summed E-state index contributed by atoms with van der Waals surface area (Å²) in [6.45, 7) is 0.533. The van der Waals surface area contributed by atoms with Gasteiger partial charge >= 0.3 is 5.97 Å². The lowest BCUT2D eigenvalue weighted by Crippen LogP contribution is -2.26. The molecule has 1 N–H and O–H groups in total. The molecule has 3 aromatic rings. The fraction of sp³-hybridized carbons (Fsp3) is 0.292. The van der Waals surface area contributed by atoms with E-state index in [-0.39, 0.29) is 28.9 Å². The first-order chi connectivity index (χ1) is 16.4. The minimum atomic E-state index is -1.17. The molecule has 8 nitrogen and oxygen atoms in total. The molecule has 1 fully saturated rings. The Kier molecular flexibility index (Phi) is 7.02. The number of carboxylic acid groups (broad SMARTS) is 1. The Labute approximate surface area is 200 Å². The van der Waals surface area contributed by atoms with Crippen LogP contribution in [0.25, 0.3) is 0 Å². The van der Waals surface area contributed by atoms with E-state index in [9.17, 15) is 14.3 Å². The standard InChI is InChI=1S/C24H23ClFN3O5/c1-32-14-6-8-22(33-2)16(10-14)21-4-3-9-29(21)24-27-12-17(23(30)31)20(28-24)13-34-15-5-7-19(26)18(25)11-15/h5-8,10-12,21H,3-4,9,13H2,1-2H3,(H,30,31)/t21-/m0/s1. The van der Waals surface area contributed by atoms with E-state index in [4.69, 9.17) is 25.8 Å². The van der Waals surface area contributed by atoms with Gasteiger partial charge in [-0.2, -0.15) is 0 Å². The third kappa shape index (κ3) is 4.84. The number of hydrogen-bond donors (Lipinski definition) is 1. The fourth-order valence-corrected chi connectivity index (χ4v) is 4.15. The van der Waals surface area contributed by atoms with Crippen molar-refractivity contribution in [3.05, 3.63) is 70.3 Å². The molecule has 0 spiro atoms. The number of rotatable bonds is 8. The molecule has 0 saturated carbocycles. The summed E-state index contributed by atoms with van der Waals surface area (Å²) in [5.41, 5.74) is 1.05. The number of aromatic carboxylic acids is 1. The van der Waals surface area contributed by atoms with Gasteiger partial charge < -0.3 is 24.2 Å². The summed E-state index contributed by atoms with van der Waals surface area (Å²) in [5.74, 6) is 0.358. The van der Waals surface area contributed by atoms with Crippen LogP contribution in [-0.2, 0) is 6.61 Å². The summed E-state index contributed by atoms with van der Waals surface area (Å²) in [4.78, 5) is 22.6. The highest BCUT2D eigenvalue weighted by Crippen LogP contribution is 2.40. The van der Waals surface area contributed by atoms with Crippen molar-refractivity contribution >= 4 is 23.5 Å². The number of ether oxygens (including phenoxy) is 3. The Morgan fingerprint density at radius 3 is 2.71 bits per heavy atom. The molecule has 0 amide bonds. The van der Waals surface area contributed by atoms with Crippen molar-refractivity contribution in [2.75, 3.05) is 25.7 Å². The highest BCUT2D eigenvalue weighted by Gasteiger charge is 2.31. The van der Waals surface area contributed by atoms with Gasteiger partial charge in [0.15, 0.2) is 0 Å². The Bertz CT molecular complexity index is 1210. The molecular weight excluding hydrogens is 465 g/mol. The Morgan fingerprint density at radius 1 is 1.21 bits per heavy atom. The summed E-state index contributed by atoms with van der Waals surface area (Å²) in [5, 5.41) is 9.51. The van der Waals surface area contributed by atoms with Crippen LogP contribution in [0, 0.1) is 5.82 Å².